The summed E-state index contributed by atoms with van der Waals surface area (Å²) in [5.74, 6) is -0.277. The van der Waals surface area contributed by atoms with Crippen LogP contribution >= 0.6 is 0 Å². The molecule has 0 aliphatic heterocycles. The average Bonchev–Trinajstić information content (AvgIpc) is 2.75. The lowest BCUT2D eigenvalue weighted by atomic mass is 9.88. The Balaban J connectivity index is 1.51. The summed E-state index contributed by atoms with van der Waals surface area (Å²) in [6, 6.07) is 7.21. The van der Waals surface area contributed by atoms with Crippen LogP contribution in [-0.2, 0) is 6.54 Å². The Morgan fingerprint density at radius 1 is 1.30 bits per heavy atom. The number of aromatic nitrogens is 1. The summed E-state index contributed by atoms with van der Waals surface area (Å²) in [5, 5.41) is 18.3. The van der Waals surface area contributed by atoms with Crippen molar-refractivity contribution in [3.63, 3.8) is 0 Å². The summed E-state index contributed by atoms with van der Waals surface area (Å²) in [4.78, 5) is 8.23. The molecule has 1 fully saturated rings. The van der Waals surface area contributed by atoms with Crippen LogP contribution in [0.4, 0.5) is 4.39 Å². The van der Waals surface area contributed by atoms with Gasteiger partial charge in [-0.25, -0.2) is 4.39 Å². The normalized spacial score (nSPS) is 22.5. The molecular weight excluding hydrogens is 379 g/mol. The molecule has 0 unspecified atom stereocenters. The van der Waals surface area contributed by atoms with Gasteiger partial charge in [-0.3, -0.25) is 9.98 Å². The number of benzene rings is 1. The minimum Gasteiger partial charge on any atom is -0.391 e. The molecule has 6 heteroatoms. The summed E-state index contributed by atoms with van der Waals surface area (Å²) >= 11 is 0. The Kier molecular flexibility index (Phi) is 8.02. The van der Waals surface area contributed by atoms with Gasteiger partial charge in [0.2, 0.25) is 0 Å². The molecule has 5 nitrogen and oxygen atoms in total. The van der Waals surface area contributed by atoms with E-state index in [-0.39, 0.29) is 17.9 Å². The molecule has 0 radical (unpaired) electrons. The largest absolute Gasteiger partial charge is 0.391 e. The number of pyridine rings is 1. The van der Waals surface area contributed by atoms with E-state index in [1.807, 2.05) is 24.3 Å². The van der Waals surface area contributed by atoms with Crippen LogP contribution < -0.4 is 10.6 Å². The highest BCUT2D eigenvalue weighted by Crippen LogP contribution is 2.22. The van der Waals surface area contributed by atoms with E-state index in [4.69, 9.17) is 0 Å². The number of halogens is 1. The van der Waals surface area contributed by atoms with Crippen molar-refractivity contribution < 1.29 is 9.50 Å². The Morgan fingerprint density at radius 3 is 2.93 bits per heavy atom. The number of fused-ring (bicyclic) bond motifs is 1. The first-order valence-corrected chi connectivity index (χ1v) is 10.2. The molecular formula is C24H29FN4O. The molecule has 1 saturated carbocycles. The van der Waals surface area contributed by atoms with Gasteiger partial charge in [0.1, 0.15) is 5.82 Å². The van der Waals surface area contributed by atoms with Crippen molar-refractivity contribution in [2.24, 2.45) is 4.99 Å². The van der Waals surface area contributed by atoms with Crippen molar-refractivity contribution in [3.05, 3.63) is 78.9 Å². The minimum absolute atomic E-state index is 0.0578. The number of aliphatic hydroxyl groups excluding tert-OH is 1. The Hall–Kier alpha value is -2.67. The zero-order valence-electron chi connectivity index (χ0n) is 17.1. The van der Waals surface area contributed by atoms with Crippen LogP contribution in [0, 0.1) is 5.82 Å². The third-order valence-electron chi connectivity index (χ3n) is 5.42. The van der Waals surface area contributed by atoms with E-state index in [0.717, 1.165) is 23.8 Å². The molecule has 3 atom stereocenters. The number of hydrogen-bond acceptors (Lipinski definition) is 5. The molecule has 0 amide bonds. The number of nitrogens with one attached hydrogen (secondary N) is 2. The van der Waals surface area contributed by atoms with Gasteiger partial charge in [0.25, 0.3) is 0 Å². The number of nitrogens with zero attached hydrogens (tertiary/aromatic N) is 2. The highest BCUT2D eigenvalue weighted by Gasteiger charge is 2.28. The predicted molar refractivity (Wildman–Crippen MR) is 121 cm³/mol. The van der Waals surface area contributed by atoms with Gasteiger partial charge in [0, 0.05) is 60.8 Å². The van der Waals surface area contributed by atoms with Gasteiger partial charge in [-0.1, -0.05) is 31.4 Å². The molecule has 1 aliphatic rings. The summed E-state index contributed by atoms with van der Waals surface area (Å²) in [6.45, 7) is 8.33. The van der Waals surface area contributed by atoms with Gasteiger partial charge in [-0.2, -0.15) is 0 Å². The lowest BCUT2D eigenvalue weighted by molar-refractivity contribution is 0.0751. The number of aliphatic hydroxyl groups is 1. The highest BCUT2D eigenvalue weighted by atomic mass is 19.1. The fourth-order valence-corrected chi connectivity index (χ4v) is 3.80. The molecule has 1 aromatic carbocycles. The van der Waals surface area contributed by atoms with E-state index in [1.54, 1.807) is 18.5 Å². The van der Waals surface area contributed by atoms with E-state index >= 15 is 0 Å². The SMILES string of the molecule is C=C/C=C(\C=NC=C)CN[C@H]1CC[C@H](NCc2cc3cccnc3cc2F)[C@H](O)C1. The number of rotatable bonds is 9. The van der Waals surface area contributed by atoms with Crippen LogP contribution in [0.3, 0.4) is 0 Å². The van der Waals surface area contributed by atoms with Gasteiger partial charge in [-0.05, 0) is 37.0 Å². The molecule has 30 heavy (non-hydrogen) atoms. The van der Waals surface area contributed by atoms with Crippen LogP contribution in [0.2, 0.25) is 0 Å². The molecule has 3 N–H and O–H groups in total. The second-order valence-corrected chi connectivity index (χ2v) is 7.52. The molecule has 2 aromatic rings. The van der Waals surface area contributed by atoms with Gasteiger partial charge in [0.15, 0.2) is 0 Å². The van der Waals surface area contributed by atoms with Crippen molar-refractivity contribution in [2.45, 2.75) is 44.0 Å². The van der Waals surface area contributed by atoms with Crippen molar-refractivity contribution in [1.29, 1.82) is 0 Å². The van der Waals surface area contributed by atoms with Crippen molar-refractivity contribution in [1.82, 2.24) is 15.6 Å². The van der Waals surface area contributed by atoms with Crippen molar-refractivity contribution in [2.75, 3.05) is 6.54 Å². The summed E-state index contributed by atoms with van der Waals surface area (Å²) in [7, 11) is 0. The van der Waals surface area contributed by atoms with E-state index in [2.05, 4.69) is 33.8 Å². The molecule has 0 spiro atoms. The van der Waals surface area contributed by atoms with Gasteiger partial charge < -0.3 is 15.7 Å². The highest BCUT2D eigenvalue weighted by molar-refractivity contribution is 5.80. The Bertz CT molecular complexity index is 940. The monoisotopic (exact) mass is 408 g/mol. The first kappa shape index (κ1) is 22.0. The fourth-order valence-electron chi connectivity index (χ4n) is 3.80. The van der Waals surface area contributed by atoms with Crippen LogP contribution in [0.15, 0.2) is 72.5 Å². The van der Waals surface area contributed by atoms with Gasteiger partial charge >= 0.3 is 0 Å². The predicted octanol–water partition coefficient (Wildman–Crippen LogP) is 3.66. The maximum absolute atomic E-state index is 14.4. The molecule has 0 bridgehead atoms. The van der Waals surface area contributed by atoms with Crippen LogP contribution in [-0.4, -0.2) is 41.0 Å². The number of hydrogen-bond donors (Lipinski definition) is 3. The number of aliphatic imine (C=N–C) groups is 1. The first-order valence-electron chi connectivity index (χ1n) is 10.2. The molecule has 3 rings (SSSR count). The van der Waals surface area contributed by atoms with E-state index in [1.165, 1.54) is 12.3 Å². The third-order valence-corrected chi connectivity index (χ3v) is 5.42. The third kappa shape index (κ3) is 5.92. The molecule has 1 aromatic heterocycles. The quantitative estimate of drug-likeness (QED) is 0.438. The lowest BCUT2D eigenvalue weighted by Gasteiger charge is -2.34. The second-order valence-electron chi connectivity index (χ2n) is 7.52. The fraction of sp³-hybridized carbons (Fsp3) is 0.333. The lowest BCUT2D eigenvalue weighted by Crippen LogP contribution is -2.49. The van der Waals surface area contributed by atoms with E-state index < -0.39 is 6.10 Å². The maximum atomic E-state index is 14.4. The molecule has 158 valence electrons. The summed E-state index contributed by atoms with van der Waals surface area (Å²) in [6.07, 6.45) is 10.4. The zero-order valence-corrected chi connectivity index (χ0v) is 17.1. The standard InChI is InChI=1S/C24H29FN4O/c1-3-6-17(14-26-4-2)15-28-20-8-9-22(24(30)12-20)29-16-19-11-18-7-5-10-27-23(18)13-21(19)25/h3-7,10-11,13-14,20,22,24,28-30H,1-2,8-9,12,15-16H2/b17-6+,26-14?/t20-,22-,24+/m0/s1. The molecule has 1 aliphatic carbocycles. The Labute approximate surface area is 177 Å². The van der Waals surface area contributed by atoms with Crippen LogP contribution in [0.5, 0.6) is 0 Å². The van der Waals surface area contributed by atoms with Crippen LogP contribution in [0.1, 0.15) is 24.8 Å². The summed E-state index contributed by atoms with van der Waals surface area (Å²) < 4.78 is 14.4. The topological polar surface area (TPSA) is 69.5 Å². The minimum atomic E-state index is -0.491. The molecule has 0 saturated heterocycles. The zero-order chi connectivity index (χ0) is 21.3. The van der Waals surface area contributed by atoms with Crippen LogP contribution in [0.25, 0.3) is 10.9 Å². The summed E-state index contributed by atoms with van der Waals surface area (Å²) in [5.41, 5.74) is 2.23. The second kappa shape index (κ2) is 10.9. The Morgan fingerprint density at radius 2 is 2.17 bits per heavy atom. The van der Waals surface area contributed by atoms with E-state index in [9.17, 15) is 9.50 Å². The smallest absolute Gasteiger partial charge is 0.129 e. The first-order chi connectivity index (χ1) is 14.6. The average molecular weight is 409 g/mol. The van der Waals surface area contributed by atoms with Crippen molar-refractivity contribution >= 4 is 17.1 Å². The maximum Gasteiger partial charge on any atom is 0.129 e. The number of allylic oxidation sites excluding steroid dienone is 2. The van der Waals surface area contributed by atoms with Gasteiger partial charge in [0.05, 0.1) is 11.6 Å². The van der Waals surface area contributed by atoms with E-state index in [0.29, 0.717) is 30.6 Å². The molecule has 1 heterocycles. The van der Waals surface area contributed by atoms with Crippen molar-refractivity contribution in [3.8, 4) is 0 Å². The van der Waals surface area contributed by atoms with Gasteiger partial charge in [-0.15, -0.1) is 0 Å².